The highest BCUT2D eigenvalue weighted by molar-refractivity contribution is 5.96. The number of nitro benzene ring substituents is 1. The van der Waals surface area contributed by atoms with Gasteiger partial charge in [0.15, 0.2) is 0 Å². The third-order valence-corrected chi connectivity index (χ3v) is 2.97. The number of carboxylic acid groups (broad SMARTS) is 1. The Morgan fingerprint density at radius 2 is 1.95 bits per heavy atom. The molecule has 7 nitrogen and oxygen atoms in total. The lowest BCUT2D eigenvalue weighted by Gasteiger charge is -2.10. The van der Waals surface area contributed by atoms with Crippen LogP contribution in [0.1, 0.15) is 28.4 Å². The van der Waals surface area contributed by atoms with E-state index in [0.717, 1.165) is 0 Å². The van der Waals surface area contributed by atoms with E-state index in [9.17, 15) is 19.7 Å². The number of hydrogen-bond donors (Lipinski definition) is 2. The van der Waals surface area contributed by atoms with Crippen LogP contribution in [0.2, 0.25) is 0 Å². The number of carboxylic acids is 1. The minimum Gasteiger partial charge on any atom is -0.481 e. The van der Waals surface area contributed by atoms with Crippen LogP contribution in [-0.2, 0) is 4.79 Å². The zero-order valence-electron chi connectivity index (χ0n) is 11.5. The van der Waals surface area contributed by atoms with Gasteiger partial charge >= 0.3 is 5.97 Å². The normalized spacial score (nSPS) is 11.8. The highest BCUT2D eigenvalue weighted by Gasteiger charge is 2.19. The third kappa shape index (κ3) is 3.53. The van der Waals surface area contributed by atoms with Crippen molar-refractivity contribution in [3.8, 4) is 0 Å². The maximum Gasteiger partial charge on any atom is 0.308 e. The SMILES string of the molecule is Cc1cc(C)c([N+](=O)[O-])cc1C(=O)NCC(C)C(=O)O. The predicted molar refractivity (Wildman–Crippen MR) is 71.7 cm³/mol. The number of nitrogens with zero attached hydrogens (tertiary/aromatic N) is 1. The average molecular weight is 280 g/mol. The van der Waals surface area contributed by atoms with Gasteiger partial charge in [-0.3, -0.25) is 19.7 Å². The number of rotatable bonds is 5. The molecule has 0 aliphatic rings. The highest BCUT2D eigenvalue weighted by atomic mass is 16.6. The first-order valence-electron chi connectivity index (χ1n) is 6.00. The second-order valence-electron chi connectivity index (χ2n) is 4.66. The standard InChI is InChI=1S/C13H16N2O5/c1-7-4-8(2)11(15(19)20)5-10(7)12(16)14-6-9(3)13(17)18/h4-5,9H,6H2,1-3H3,(H,14,16)(H,17,18). The van der Waals surface area contributed by atoms with Gasteiger partial charge in [0, 0.05) is 23.7 Å². The maximum absolute atomic E-state index is 12.0. The second kappa shape index (κ2) is 6.14. The van der Waals surface area contributed by atoms with Crippen LogP contribution in [0.15, 0.2) is 12.1 Å². The number of aliphatic carboxylic acids is 1. The van der Waals surface area contributed by atoms with Crippen molar-refractivity contribution >= 4 is 17.6 Å². The number of carbonyl (C=O) groups is 2. The Labute approximate surface area is 115 Å². The summed E-state index contributed by atoms with van der Waals surface area (Å²) in [5.74, 6) is -2.25. The van der Waals surface area contributed by atoms with E-state index >= 15 is 0 Å². The molecule has 0 saturated heterocycles. The Balaban J connectivity index is 2.96. The van der Waals surface area contributed by atoms with Crippen molar-refractivity contribution in [3.63, 3.8) is 0 Å². The lowest BCUT2D eigenvalue weighted by Crippen LogP contribution is -2.31. The molecule has 1 unspecified atom stereocenters. The summed E-state index contributed by atoms with van der Waals surface area (Å²) in [7, 11) is 0. The molecule has 20 heavy (non-hydrogen) atoms. The third-order valence-electron chi connectivity index (χ3n) is 2.97. The molecule has 1 amide bonds. The van der Waals surface area contributed by atoms with Crippen molar-refractivity contribution in [2.45, 2.75) is 20.8 Å². The van der Waals surface area contributed by atoms with Crippen LogP contribution in [-0.4, -0.2) is 28.5 Å². The molecule has 0 fully saturated rings. The summed E-state index contributed by atoms with van der Waals surface area (Å²) in [5.41, 5.74) is 1.13. The van der Waals surface area contributed by atoms with Crippen LogP contribution in [0.5, 0.6) is 0 Å². The van der Waals surface area contributed by atoms with Gasteiger partial charge in [-0.05, 0) is 25.5 Å². The summed E-state index contributed by atoms with van der Waals surface area (Å²) < 4.78 is 0. The molecule has 0 aliphatic heterocycles. The van der Waals surface area contributed by atoms with E-state index in [1.807, 2.05) is 0 Å². The Morgan fingerprint density at radius 1 is 1.35 bits per heavy atom. The van der Waals surface area contributed by atoms with Gasteiger partial charge in [0.05, 0.1) is 10.8 Å². The fourth-order valence-electron chi connectivity index (χ4n) is 1.71. The number of nitrogens with one attached hydrogen (secondary N) is 1. The molecule has 1 aromatic rings. The van der Waals surface area contributed by atoms with Gasteiger partial charge in [-0.1, -0.05) is 6.92 Å². The number of carbonyl (C=O) groups excluding carboxylic acids is 1. The molecule has 0 heterocycles. The minimum absolute atomic E-state index is 0.0325. The Hall–Kier alpha value is -2.44. The summed E-state index contributed by atoms with van der Waals surface area (Å²) in [4.78, 5) is 32.9. The lowest BCUT2D eigenvalue weighted by molar-refractivity contribution is -0.385. The first kappa shape index (κ1) is 15.6. The van der Waals surface area contributed by atoms with E-state index in [4.69, 9.17) is 5.11 Å². The van der Waals surface area contributed by atoms with Gasteiger partial charge in [0.2, 0.25) is 0 Å². The van der Waals surface area contributed by atoms with E-state index in [-0.39, 0.29) is 17.8 Å². The largest absolute Gasteiger partial charge is 0.481 e. The minimum atomic E-state index is -1.02. The van der Waals surface area contributed by atoms with E-state index in [1.165, 1.54) is 13.0 Å². The highest BCUT2D eigenvalue weighted by Crippen LogP contribution is 2.22. The van der Waals surface area contributed by atoms with Gasteiger partial charge in [-0.2, -0.15) is 0 Å². The quantitative estimate of drug-likeness (QED) is 0.629. The molecule has 0 aromatic heterocycles. The number of nitro groups is 1. The van der Waals surface area contributed by atoms with E-state index in [1.54, 1.807) is 19.9 Å². The average Bonchev–Trinajstić information content (AvgIpc) is 2.34. The summed E-state index contributed by atoms with van der Waals surface area (Å²) in [6.45, 7) is 4.70. The molecular formula is C13H16N2O5. The number of aryl methyl sites for hydroxylation is 2. The molecular weight excluding hydrogens is 264 g/mol. The molecule has 0 aliphatic carbocycles. The molecule has 2 N–H and O–H groups in total. The van der Waals surface area contributed by atoms with Gasteiger partial charge in [0.1, 0.15) is 0 Å². The Bertz CT molecular complexity index is 568. The number of amides is 1. The molecule has 7 heteroatoms. The monoisotopic (exact) mass is 280 g/mol. The first-order valence-corrected chi connectivity index (χ1v) is 6.00. The predicted octanol–water partition coefficient (Wildman–Crippen LogP) is 1.66. The summed E-state index contributed by atoms with van der Waals surface area (Å²) >= 11 is 0. The zero-order chi connectivity index (χ0) is 15.4. The van der Waals surface area contributed by atoms with Crippen LogP contribution in [0, 0.1) is 29.9 Å². The van der Waals surface area contributed by atoms with Crippen molar-refractivity contribution in [3.05, 3.63) is 38.9 Å². The van der Waals surface area contributed by atoms with Crippen molar-refractivity contribution in [1.82, 2.24) is 5.32 Å². The van der Waals surface area contributed by atoms with Crippen LogP contribution < -0.4 is 5.32 Å². The summed E-state index contributed by atoms with van der Waals surface area (Å²) in [5, 5.41) is 22.1. The lowest BCUT2D eigenvalue weighted by atomic mass is 10.0. The molecule has 1 atom stereocenters. The van der Waals surface area contributed by atoms with Crippen LogP contribution in [0.4, 0.5) is 5.69 Å². The number of benzene rings is 1. The van der Waals surface area contributed by atoms with Crippen molar-refractivity contribution < 1.29 is 19.6 Å². The van der Waals surface area contributed by atoms with Crippen molar-refractivity contribution in [1.29, 1.82) is 0 Å². The Morgan fingerprint density at radius 3 is 2.45 bits per heavy atom. The molecule has 0 radical (unpaired) electrons. The zero-order valence-corrected chi connectivity index (χ0v) is 11.5. The van der Waals surface area contributed by atoms with Crippen molar-refractivity contribution in [2.24, 2.45) is 5.92 Å². The van der Waals surface area contributed by atoms with E-state index in [0.29, 0.717) is 11.1 Å². The summed E-state index contributed by atoms with van der Waals surface area (Å²) in [6.07, 6.45) is 0. The smallest absolute Gasteiger partial charge is 0.308 e. The fraction of sp³-hybridized carbons (Fsp3) is 0.385. The van der Waals surface area contributed by atoms with Crippen LogP contribution in [0.3, 0.4) is 0 Å². The molecule has 1 rings (SSSR count). The van der Waals surface area contributed by atoms with Gasteiger partial charge < -0.3 is 10.4 Å². The fourth-order valence-corrected chi connectivity index (χ4v) is 1.71. The van der Waals surface area contributed by atoms with Crippen LogP contribution in [0.25, 0.3) is 0 Å². The molecule has 0 saturated carbocycles. The molecule has 0 spiro atoms. The second-order valence-corrected chi connectivity index (χ2v) is 4.66. The van der Waals surface area contributed by atoms with Gasteiger partial charge in [-0.25, -0.2) is 0 Å². The molecule has 0 bridgehead atoms. The molecule has 1 aromatic carbocycles. The van der Waals surface area contributed by atoms with Gasteiger partial charge in [0.25, 0.3) is 11.6 Å². The van der Waals surface area contributed by atoms with Crippen molar-refractivity contribution in [2.75, 3.05) is 6.54 Å². The molecule has 108 valence electrons. The topological polar surface area (TPSA) is 110 Å². The summed E-state index contributed by atoms with van der Waals surface area (Å²) in [6, 6.07) is 2.78. The van der Waals surface area contributed by atoms with E-state index < -0.39 is 22.7 Å². The first-order chi connectivity index (χ1) is 9.23. The van der Waals surface area contributed by atoms with Crippen LogP contribution >= 0.6 is 0 Å². The maximum atomic E-state index is 12.0. The Kier molecular flexibility index (Phi) is 4.79. The number of hydrogen-bond acceptors (Lipinski definition) is 4. The van der Waals surface area contributed by atoms with E-state index in [2.05, 4.69) is 5.32 Å². The van der Waals surface area contributed by atoms with Gasteiger partial charge in [-0.15, -0.1) is 0 Å².